The number of carbonyl (C=O) groups is 1. The van der Waals surface area contributed by atoms with Crippen molar-refractivity contribution in [3.63, 3.8) is 0 Å². The normalized spacial score (nSPS) is 12.6. The fourth-order valence-corrected chi connectivity index (χ4v) is 4.93. The second kappa shape index (κ2) is 8.17. The van der Waals surface area contributed by atoms with Crippen molar-refractivity contribution in [2.45, 2.75) is 23.5 Å². The molecule has 13 heteroatoms. The van der Waals surface area contributed by atoms with E-state index in [0.29, 0.717) is 4.34 Å². The Morgan fingerprint density at radius 2 is 2.00 bits per heavy atom. The van der Waals surface area contributed by atoms with Crippen LogP contribution in [0.1, 0.15) is 5.82 Å². The molecule has 0 spiro atoms. The maximum atomic E-state index is 12.6. The number of halogens is 4. The van der Waals surface area contributed by atoms with Crippen LogP contribution in [0.2, 0.25) is 4.34 Å². The summed E-state index contributed by atoms with van der Waals surface area (Å²) in [6, 6.07) is 2.77. The molecule has 0 aliphatic heterocycles. The maximum absolute atomic E-state index is 12.6. The van der Waals surface area contributed by atoms with Crippen molar-refractivity contribution in [3.8, 4) is 0 Å². The van der Waals surface area contributed by atoms with Crippen LogP contribution in [0.3, 0.4) is 0 Å². The minimum atomic E-state index is -4.42. The largest absolute Gasteiger partial charge is 0.406 e. The summed E-state index contributed by atoms with van der Waals surface area (Å²) in [5, 5.41) is 0. The highest BCUT2D eigenvalue weighted by molar-refractivity contribution is 7.91. The van der Waals surface area contributed by atoms with E-state index >= 15 is 0 Å². The molecule has 0 radical (unpaired) electrons. The second-order valence-corrected chi connectivity index (χ2v) is 9.64. The molecule has 0 saturated heterocycles. The van der Waals surface area contributed by atoms with Crippen molar-refractivity contribution in [1.82, 2.24) is 18.8 Å². The molecule has 0 unspecified atom stereocenters. The molecule has 0 saturated carbocycles. The van der Waals surface area contributed by atoms with Crippen LogP contribution in [0.25, 0.3) is 0 Å². The molecule has 2 aromatic rings. The number of thiophene rings is 1. The number of aromatic nitrogens is 2. The van der Waals surface area contributed by atoms with Crippen molar-refractivity contribution < 1.29 is 26.4 Å². The lowest BCUT2D eigenvalue weighted by Crippen LogP contribution is -2.39. The zero-order valence-electron chi connectivity index (χ0n) is 14.3. The van der Waals surface area contributed by atoms with Crippen LogP contribution in [0.4, 0.5) is 13.2 Å². The summed E-state index contributed by atoms with van der Waals surface area (Å²) in [6.45, 7) is -1.90. The van der Waals surface area contributed by atoms with E-state index in [4.69, 9.17) is 11.6 Å². The molecule has 2 aromatic heterocycles. The van der Waals surface area contributed by atoms with Crippen molar-refractivity contribution in [3.05, 3.63) is 34.7 Å². The summed E-state index contributed by atoms with van der Waals surface area (Å²) in [4.78, 5) is 17.2. The first-order valence-electron chi connectivity index (χ1n) is 7.42. The van der Waals surface area contributed by atoms with Gasteiger partial charge >= 0.3 is 6.18 Å². The molecule has 7 nitrogen and oxygen atoms in total. The number of nitrogens with zero attached hydrogens (tertiary/aromatic N) is 4. The van der Waals surface area contributed by atoms with Crippen LogP contribution in [0, 0.1) is 0 Å². The Morgan fingerprint density at radius 3 is 2.56 bits per heavy atom. The van der Waals surface area contributed by atoms with E-state index in [1.54, 1.807) is 0 Å². The number of likely N-dealkylation sites (N-methyl/N-ethyl adjacent to an activating group) is 2. The van der Waals surface area contributed by atoms with Gasteiger partial charge in [0, 0.05) is 26.5 Å². The molecule has 2 heterocycles. The van der Waals surface area contributed by atoms with Gasteiger partial charge in [0.15, 0.2) is 0 Å². The van der Waals surface area contributed by atoms with E-state index in [-0.39, 0.29) is 16.6 Å². The minimum Gasteiger partial charge on any atom is -0.337 e. The highest BCUT2D eigenvalue weighted by Crippen LogP contribution is 2.27. The summed E-state index contributed by atoms with van der Waals surface area (Å²) in [5.41, 5.74) is 0. The maximum Gasteiger partial charge on any atom is 0.406 e. The molecule has 0 N–H and O–H groups in total. The van der Waals surface area contributed by atoms with E-state index in [1.807, 2.05) is 0 Å². The average molecular weight is 445 g/mol. The third-order valence-corrected chi connectivity index (χ3v) is 7.03. The first-order valence-corrected chi connectivity index (χ1v) is 10.1. The lowest BCUT2D eigenvalue weighted by Gasteiger charge is -2.21. The molecule has 0 atom stereocenters. The van der Waals surface area contributed by atoms with Crippen molar-refractivity contribution in [1.29, 1.82) is 0 Å². The van der Waals surface area contributed by atoms with Gasteiger partial charge in [0.25, 0.3) is 10.0 Å². The number of sulfonamides is 1. The van der Waals surface area contributed by atoms with E-state index in [9.17, 15) is 26.4 Å². The summed E-state index contributed by atoms with van der Waals surface area (Å²) in [7, 11) is -1.30. The van der Waals surface area contributed by atoms with Crippen LogP contribution < -0.4 is 0 Å². The van der Waals surface area contributed by atoms with Crippen LogP contribution in [0.15, 0.2) is 28.7 Å². The lowest BCUT2D eigenvalue weighted by molar-refractivity contribution is -0.141. The Balaban J connectivity index is 2.03. The molecule has 0 bridgehead atoms. The van der Waals surface area contributed by atoms with E-state index in [0.717, 1.165) is 31.3 Å². The smallest absolute Gasteiger partial charge is 0.337 e. The Labute approximate surface area is 163 Å². The molecular formula is C14H16ClF3N4O3S2. The Kier molecular flexibility index (Phi) is 6.55. The number of amides is 1. The number of carbonyl (C=O) groups excluding carboxylic acids is 1. The standard InChI is InChI=1S/C14H16ClF3N4O3S2/c1-20(7-11-19-5-6-22(11)9-14(16,17)18)12(23)8-21(2)27(24,25)13-4-3-10(15)26-13/h3-6H,7-9H2,1-2H3. The average Bonchev–Trinajstić information content (AvgIpc) is 3.15. The van der Waals surface area contributed by atoms with Crippen LogP contribution >= 0.6 is 22.9 Å². The van der Waals surface area contributed by atoms with Crippen LogP contribution in [-0.4, -0.2) is 59.9 Å². The van der Waals surface area contributed by atoms with Gasteiger partial charge in [0.05, 0.1) is 17.4 Å². The highest BCUT2D eigenvalue weighted by Gasteiger charge is 2.30. The second-order valence-electron chi connectivity index (χ2n) is 5.66. The van der Waals surface area contributed by atoms with Gasteiger partial charge in [0.1, 0.15) is 16.6 Å². The van der Waals surface area contributed by atoms with Gasteiger partial charge in [-0.15, -0.1) is 11.3 Å². The topological polar surface area (TPSA) is 75.5 Å². The fourth-order valence-electron chi connectivity index (χ4n) is 2.12. The van der Waals surface area contributed by atoms with E-state index in [2.05, 4.69) is 4.98 Å². The number of hydrogen-bond donors (Lipinski definition) is 0. The summed E-state index contributed by atoms with van der Waals surface area (Å²) in [5.74, 6) is -0.552. The minimum absolute atomic E-state index is 0.00817. The molecular weight excluding hydrogens is 429 g/mol. The van der Waals surface area contributed by atoms with Gasteiger partial charge in [-0.2, -0.15) is 17.5 Å². The van der Waals surface area contributed by atoms with E-state index < -0.39 is 35.2 Å². The molecule has 150 valence electrons. The van der Waals surface area contributed by atoms with Gasteiger partial charge in [-0.1, -0.05) is 11.6 Å². The van der Waals surface area contributed by atoms with Gasteiger partial charge < -0.3 is 9.47 Å². The number of alkyl halides is 3. The molecule has 27 heavy (non-hydrogen) atoms. The quantitative estimate of drug-likeness (QED) is 0.657. The summed E-state index contributed by atoms with van der Waals surface area (Å²) < 4.78 is 64.5. The zero-order valence-corrected chi connectivity index (χ0v) is 16.7. The summed E-state index contributed by atoms with van der Waals surface area (Å²) >= 11 is 6.60. The van der Waals surface area contributed by atoms with Crippen LogP contribution in [0.5, 0.6) is 0 Å². The Morgan fingerprint density at radius 1 is 1.33 bits per heavy atom. The monoisotopic (exact) mass is 444 g/mol. The van der Waals surface area contributed by atoms with Crippen molar-refractivity contribution >= 4 is 38.9 Å². The number of imidazole rings is 1. The van der Waals surface area contributed by atoms with Gasteiger partial charge in [-0.05, 0) is 12.1 Å². The van der Waals surface area contributed by atoms with Gasteiger partial charge in [-0.25, -0.2) is 13.4 Å². The molecule has 2 rings (SSSR count). The molecule has 0 aliphatic rings. The first-order chi connectivity index (χ1) is 12.4. The number of rotatable bonds is 7. The fraction of sp³-hybridized carbons (Fsp3) is 0.429. The Hall–Kier alpha value is -1.63. The van der Waals surface area contributed by atoms with Gasteiger partial charge in [0.2, 0.25) is 5.91 Å². The predicted octanol–water partition coefficient (Wildman–Crippen LogP) is 2.44. The molecule has 0 fully saturated rings. The highest BCUT2D eigenvalue weighted by atomic mass is 35.5. The SMILES string of the molecule is CN(Cc1nccn1CC(F)(F)F)C(=O)CN(C)S(=O)(=O)c1ccc(Cl)s1. The van der Waals surface area contributed by atoms with Gasteiger partial charge in [-0.3, -0.25) is 4.79 Å². The molecule has 1 amide bonds. The number of hydrogen-bond acceptors (Lipinski definition) is 5. The lowest BCUT2D eigenvalue weighted by atomic mass is 10.4. The Bertz CT molecular complexity index is 911. The molecule has 0 aliphatic carbocycles. The van der Waals surface area contributed by atoms with Crippen LogP contribution in [-0.2, 0) is 27.9 Å². The third-order valence-electron chi connectivity index (χ3n) is 3.53. The first kappa shape index (κ1) is 21.7. The zero-order chi connectivity index (χ0) is 20.4. The predicted molar refractivity (Wildman–Crippen MR) is 93.9 cm³/mol. The van der Waals surface area contributed by atoms with Crippen molar-refractivity contribution in [2.24, 2.45) is 0 Å². The molecule has 0 aromatic carbocycles. The third kappa shape index (κ3) is 5.67. The van der Waals surface area contributed by atoms with Crippen molar-refractivity contribution in [2.75, 3.05) is 20.6 Å². The summed E-state index contributed by atoms with van der Waals surface area (Å²) in [6.07, 6.45) is -2.05. The van der Waals surface area contributed by atoms with E-state index in [1.165, 1.54) is 32.4 Å².